The highest BCUT2D eigenvalue weighted by molar-refractivity contribution is 6.12. The van der Waals surface area contributed by atoms with E-state index in [1.54, 1.807) is 17.5 Å². The molecule has 3 N–H and O–H groups in total. The van der Waals surface area contributed by atoms with E-state index in [1.807, 2.05) is 25.2 Å². The zero-order valence-corrected chi connectivity index (χ0v) is 18.4. The third-order valence-corrected chi connectivity index (χ3v) is 5.28. The Labute approximate surface area is 185 Å². The average Bonchev–Trinajstić information content (AvgIpc) is 3.37. The molecule has 1 aliphatic rings. The number of rotatable bonds is 3. The Balaban J connectivity index is 1.72. The minimum Gasteiger partial charge on any atom is -0.381 e. The van der Waals surface area contributed by atoms with Crippen LogP contribution in [0.15, 0.2) is 60.0 Å². The van der Waals surface area contributed by atoms with Gasteiger partial charge in [-0.3, -0.25) is 0 Å². The van der Waals surface area contributed by atoms with E-state index in [9.17, 15) is 0 Å². The van der Waals surface area contributed by atoms with Gasteiger partial charge in [-0.2, -0.15) is 0 Å². The normalized spacial score (nSPS) is 14.0. The zero-order valence-electron chi connectivity index (χ0n) is 18.4. The fourth-order valence-corrected chi connectivity index (χ4v) is 3.90. The molecule has 0 spiro atoms. The highest BCUT2D eigenvalue weighted by Crippen LogP contribution is 2.35. The van der Waals surface area contributed by atoms with Crippen molar-refractivity contribution in [1.29, 1.82) is 0 Å². The summed E-state index contributed by atoms with van der Waals surface area (Å²) >= 11 is 0. The van der Waals surface area contributed by atoms with Crippen LogP contribution in [0, 0.1) is 0 Å². The van der Waals surface area contributed by atoms with Crippen molar-refractivity contribution in [2.24, 2.45) is 5.10 Å². The molecule has 0 saturated heterocycles. The van der Waals surface area contributed by atoms with E-state index in [4.69, 9.17) is 10.7 Å². The first kappa shape index (κ1) is 20.0. The molecule has 0 radical (unpaired) electrons. The number of nitrogens with zero attached hydrogens (tertiary/aromatic N) is 7. The van der Waals surface area contributed by atoms with E-state index >= 15 is 0 Å². The third kappa shape index (κ3) is 3.42. The smallest absolute Gasteiger partial charge is 0.219 e. The van der Waals surface area contributed by atoms with Crippen LogP contribution >= 0.6 is 0 Å². The average molecular weight is 427 g/mol. The summed E-state index contributed by atoms with van der Waals surface area (Å²) in [5, 5.41) is 6.05. The van der Waals surface area contributed by atoms with E-state index in [1.165, 1.54) is 0 Å². The third-order valence-electron chi connectivity index (χ3n) is 5.28. The summed E-state index contributed by atoms with van der Waals surface area (Å²) in [6.07, 6.45) is 3.45. The quantitative estimate of drug-likeness (QED) is 0.514. The van der Waals surface area contributed by atoms with Crippen molar-refractivity contribution in [1.82, 2.24) is 30.2 Å². The van der Waals surface area contributed by atoms with Gasteiger partial charge in [0.25, 0.3) is 0 Å². The van der Waals surface area contributed by atoms with Gasteiger partial charge in [-0.25, -0.2) is 20.5 Å². The van der Waals surface area contributed by atoms with Gasteiger partial charge >= 0.3 is 0 Å². The molecule has 5 rings (SSSR count). The topological polar surface area (TPSA) is 111 Å². The summed E-state index contributed by atoms with van der Waals surface area (Å²) in [5.41, 5.74) is 18.3. The predicted molar refractivity (Wildman–Crippen MR) is 126 cm³/mol. The van der Waals surface area contributed by atoms with Crippen LogP contribution < -0.4 is 11.3 Å². The molecule has 1 aliphatic heterocycles. The summed E-state index contributed by atoms with van der Waals surface area (Å²) in [7, 11) is 1.81. The Morgan fingerprint density at radius 3 is 2.34 bits per heavy atom. The second kappa shape index (κ2) is 7.31. The summed E-state index contributed by atoms with van der Waals surface area (Å²) in [6.45, 7) is 6.53. The highest BCUT2D eigenvalue weighted by atomic mass is 15.8. The number of benzene rings is 2. The molecule has 0 bridgehead atoms. The van der Waals surface area contributed by atoms with Gasteiger partial charge in [0.05, 0.1) is 11.0 Å². The minimum atomic E-state index is -0.202. The van der Waals surface area contributed by atoms with Crippen molar-refractivity contribution in [3.63, 3.8) is 0 Å². The molecule has 0 amide bonds. The fraction of sp³-hybridized carbons (Fsp3) is 0.217. The molecule has 32 heavy (non-hydrogen) atoms. The lowest BCUT2D eigenvalue weighted by Gasteiger charge is -2.26. The first-order chi connectivity index (χ1) is 15.3. The Hall–Kier alpha value is -3.98. The van der Waals surface area contributed by atoms with Crippen molar-refractivity contribution in [3.8, 4) is 22.5 Å². The predicted octanol–water partition coefficient (Wildman–Crippen LogP) is 3.90. The molecule has 3 heterocycles. The summed E-state index contributed by atoms with van der Waals surface area (Å²) in [6, 6.07) is 14.3. The molecule has 0 aliphatic carbocycles. The SMILES string of the molecule is CN1N=C(c2ccccc2-c2nc3cc(-c4cnc(N)nc4)ccc3n2C(C)(C)C)[N-]N1. The number of amidine groups is 1. The second-order valence-electron chi connectivity index (χ2n) is 8.68. The minimum absolute atomic E-state index is 0.202. The maximum atomic E-state index is 5.64. The number of nitrogens with one attached hydrogen (secondary N) is 1. The van der Waals surface area contributed by atoms with Crippen LogP contribution in [0.2, 0.25) is 0 Å². The number of hydrazone groups is 1. The first-order valence-corrected chi connectivity index (χ1v) is 10.3. The van der Waals surface area contributed by atoms with Crippen LogP contribution in [-0.4, -0.2) is 37.5 Å². The van der Waals surface area contributed by atoms with Gasteiger partial charge in [0.2, 0.25) is 5.95 Å². The van der Waals surface area contributed by atoms with E-state index in [2.05, 4.69) is 75.6 Å². The zero-order chi connectivity index (χ0) is 22.5. The molecule has 162 valence electrons. The molecular formula is C23H24N9-. The number of anilines is 1. The maximum Gasteiger partial charge on any atom is 0.219 e. The van der Waals surface area contributed by atoms with Crippen molar-refractivity contribution >= 4 is 22.8 Å². The van der Waals surface area contributed by atoms with Crippen LogP contribution in [0.4, 0.5) is 5.95 Å². The lowest BCUT2D eigenvalue weighted by atomic mass is 10.0. The van der Waals surface area contributed by atoms with Crippen LogP contribution in [0.3, 0.4) is 0 Å². The Bertz CT molecular complexity index is 1330. The lowest BCUT2D eigenvalue weighted by Crippen LogP contribution is -2.23. The van der Waals surface area contributed by atoms with Crippen molar-refractivity contribution in [2.45, 2.75) is 26.3 Å². The number of nitrogens with two attached hydrogens (primary N) is 1. The van der Waals surface area contributed by atoms with E-state index in [0.717, 1.165) is 39.1 Å². The van der Waals surface area contributed by atoms with Gasteiger partial charge in [0.1, 0.15) is 5.82 Å². The molecule has 4 aromatic rings. The Morgan fingerprint density at radius 2 is 1.69 bits per heavy atom. The van der Waals surface area contributed by atoms with Gasteiger partial charge in [-0.05, 0) is 49.9 Å². The Morgan fingerprint density at radius 1 is 0.969 bits per heavy atom. The largest absolute Gasteiger partial charge is 0.381 e. The van der Waals surface area contributed by atoms with Crippen LogP contribution in [0.25, 0.3) is 39.0 Å². The molecule has 9 nitrogen and oxygen atoms in total. The maximum absolute atomic E-state index is 5.64. The van der Waals surface area contributed by atoms with Gasteiger partial charge < -0.3 is 25.9 Å². The standard InChI is InChI=1S/C23H24N9/c1-23(2,3)32-19-10-9-14(15-12-25-22(24)26-13-15)11-18(19)27-21(32)17-8-6-5-7-16(17)20-28-30-31(4)29-20/h5-13,30H,1-4H3,(H2-,24,25,26,28,29)/q-1. The second-order valence-corrected chi connectivity index (χ2v) is 8.68. The number of nitrogen functional groups attached to an aromatic ring is 1. The number of hydrogen-bond donors (Lipinski definition) is 2. The number of hydrazine groups is 1. The summed E-state index contributed by atoms with van der Waals surface area (Å²) in [5.74, 6) is 1.74. The molecule has 0 saturated carbocycles. The molecule has 2 aromatic heterocycles. The van der Waals surface area contributed by atoms with E-state index in [-0.39, 0.29) is 11.5 Å². The van der Waals surface area contributed by atoms with Crippen molar-refractivity contribution in [3.05, 3.63) is 65.8 Å². The highest BCUT2D eigenvalue weighted by Gasteiger charge is 2.24. The van der Waals surface area contributed by atoms with Crippen molar-refractivity contribution in [2.75, 3.05) is 12.8 Å². The van der Waals surface area contributed by atoms with Gasteiger partial charge in [0, 0.05) is 36.1 Å². The molecule has 2 aromatic carbocycles. The van der Waals surface area contributed by atoms with Gasteiger partial charge in [-0.15, -0.1) is 0 Å². The summed E-state index contributed by atoms with van der Waals surface area (Å²) < 4.78 is 2.26. The van der Waals surface area contributed by atoms with Crippen molar-refractivity contribution < 1.29 is 0 Å². The summed E-state index contributed by atoms with van der Waals surface area (Å²) in [4.78, 5) is 13.3. The molecule has 0 unspecified atom stereocenters. The lowest BCUT2D eigenvalue weighted by molar-refractivity contribution is 0.307. The van der Waals surface area contributed by atoms with Crippen LogP contribution in [0.1, 0.15) is 26.3 Å². The van der Waals surface area contributed by atoms with E-state index in [0.29, 0.717) is 5.84 Å². The Kier molecular flexibility index (Phi) is 4.56. The first-order valence-electron chi connectivity index (χ1n) is 10.3. The molecule has 0 fully saturated rings. The number of aromatic nitrogens is 4. The van der Waals surface area contributed by atoms with Gasteiger partial charge in [-0.1, -0.05) is 30.3 Å². The molecule has 9 heteroatoms. The monoisotopic (exact) mass is 426 g/mol. The fourth-order valence-electron chi connectivity index (χ4n) is 3.90. The number of fused-ring (bicyclic) bond motifs is 1. The van der Waals surface area contributed by atoms with Crippen LogP contribution in [0.5, 0.6) is 0 Å². The number of hydrogen-bond acceptors (Lipinski definition) is 7. The van der Waals surface area contributed by atoms with Crippen LogP contribution in [-0.2, 0) is 5.54 Å². The van der Waals surface area contributed by atoms with E-state index < -0.39 is 0 Å². The number of imidazole rings is 1. The molecular weight excluding hydrogens is 402 g/mol. The van der Waals surface area contributed by atoms with Gasteiger partial charge in [0.15, 0.2) is 0 Å². The molecule has 0 atom stereocenters.